The molecule has 34 heavy (non-hydrogen) atoms. The first-order chi connectivity index (χ1) is 16.2. The molecule has 1 unspecified atom stereocenters. The fourth-order valence-electron chi connectivity index (χ4n) is 3.85. The maximum Gasteiger partial charge on any atom is 0.300 e. The number of ether oxygens (including phenoxy) is 1. The number of benzene rings is 3. The van der Waals surface area contributed by atoms with Gasteiger partial charge in [-0.2, -0.15) is 0 Å². The quantitative estimate of drug-likeness (QED) is 0.177. The van der Waals surface area contributed by atoms with E-state index in [-0.39, 0.29) is 16.8 Å². The number of aliphatic hydroxyl groups is 1. The van der Waals surface area contributed by atoms with Crippen LogP contribution in [0, 0.1) is 17.0 Å². The molecular formula is C25H19ClN2O6. The van der Waals surface area contributed by atoms with Gasteiger partial charge in [0.15, 0.2) is 0 Å². The van der Waals surface area contributed by atoms with Gasteiger partial charge in [-0.25, -0.2) is 0 Å². The molecule has 3 aromatic rings. The lowest BCUT2D eigenvalue weighted by Gasteiger charge is -2.26. The Balaban J connectivity index is 1.94. The van der Waals surface area contributed by atoms with Gasteiger partial charge in [-0.05, 0) is 54.4 Å². The molecule has 3 aromatic carbocycles. The van der Waals surface area contributed by atoms with Crippen LogP contribution in [0.25, 0.3) is 5.76 Å². The number of halogens is 1. The molecule has 0 aromatic heterocycles. The maximum atomic E-state index is 13.2. The van der Waals surface area contributed by atoms with Crippen molar-refractivity contribution in [3.8, 4) is 5.75 Å². The highest BCUT2D eigenvalue weighted by molar-refractivity contribution is 6.51. The normalized spacial score (nSPS) is 17.1. The molecule has 0 spiro atoms. The van der Waals surface area contributed by atoms with E-state index in [0.717, 1.165) is 5.56 Å². The zero-order valence-corrected chi connectivity index (χ0v) is 18.9. The summed E-state index contributed by atoms with van der Waals surface area (Å²) in [5.41, 5.74) is 1.55. The Morgan fingerprint density at radius 1 is 1.09 bits per heavy atom. The van der Waals surface area contributed by atoms with E-state index in [9.17, 15) is 24.8 Å². The number of carbonyl (C=O) groups is 2. The molecule has 0 saturated carbocycles. The molecule has 172 valence electrons. The number of aliphatic hydroxyl groups excluding tert-OH is 1. The van der Waals surface area contributed by atoms with E-state index < -0.39 is 28.4 Å². The monoisotopic (exact) mass is 478 g/mol. The molecule has 1 aliphatic heterocycles. The minimum atomic E-state index is -0.982. The van der Waals surface area contributed by atoms with E-state index in [1.165, 1.54) is 36.3 Å². The number of hydrogen-bond acceptors (Lipinski definition) is 6. The maximum absolute atomic E-state index is 13.2. The number of ketones is 1. The molecule has 8 nitrogen and oxygen atoms in total. The van der Waals surface area contributed by atoms with Crippen molar-refractivity contribution >= 4 is 40.4 Å². The number of hydrogen-bond donors (Lipinski definition) is 1. The summed E-state index contributed by atoms with van der Waals surface area (Å²) in [5, 5.41) is 22.5. The van der Waals surface area contributed by atoms with Gasteiger partial charge in [-0.3, -0.25) is 24.6 Å². The van der Waals surface area contributed by atoms with Crippen LogP contribution >= 0.6 is 11.6 Å². The fraction of sp³-hybridized carbons (Fsp3) is 0.120. The molecule has 1 saturated heterocycles. The van der Waals surface area contributed by atoms with Crippen molar-refractivity contribution in [2.75, 3.05) is 12.0 Å². The Kier molecular flexibility index (Phi) is 6.08. The van der Waals surface area contributed by atoms with E-state index in [1.807, 2.05) is 6.92 Å². The van der Waals surface area contributed by atoms with Crippen LogP contribution in [-0.2, 0) is 9.59 Å². The van der Waals surface area contributed by atoms with Gasteiger partial charge < -0.3 is 9.84 Å². The van der Waals surface area contributed by atoms with Crippen LogP contribution in [0.4, 0.5) is 11.4 Å². The minimum absolute atomic E-state index is 0.149. The zero-order chi connectivity index (χ0) is 24.6. The third-order valence-electron chi connectivity index (χ3n) is 5.64. The van der Waals surface area contributed by atoms with Gasteiger partial charge in [0.05, 0.1) is 23.6 Å². The molecule has 0 radical (unpaired) electrons. The summed E-state index contributed by atoms with van der Waals surface area (Å²) in [5.74, 6) is -1.67. The van der Waals surface area contributed by atoms with Crippen molar-refractivity contribution in [2.45, 2.75) is 13.0 Å². The van der Waals surface area contributed by atoms with Gasteiger partial charge in [-0.15, -0.1) is 0 Å². The smallest absolute Gasteiger partial charge is 0.300 e. The van der Waals surface area contributed by atoms with Crippen LogP contribution in [0.5, 0.6) is 5.75 Å². The van der Waals surface area contributed by atoms with Crippen LogP contribution < -0.4 is 9.64 Å². The van der Waals surface area contributed by atoms with Crippen molar-refractivity contribution < 1.29 is 24.4 Å². The third-order valence-corrected chi connectivity index (χ3v) is 6.05. The number of rotatable bonds is 5. The molecule has 0 bridgehead atoms. The van der Waals surface area contributed by atoms with E-state index in [2.05, 4.69) is 0 Å². The number of carbonyl (C=O) groups excluding carboxylic acids is 2. The first-order valence-electron chi connectivity index (χ1n) is 10.2. The van der Waals surface area contributed by atoms with Gasteiger partial charge in [0, 0.05) is 28.4 Å². The van der Waals surface area contributed by atoms with Crippen molar-refractivity contribution in [1.29, 1.82) is 0 Å². The SMILES string of the molecule is COc1cccc(C2/C(=C(\O)c3ccc([N+](=O)[O-])cc3)C(=O)C(=O)N2c2ccc(C)c(Cl)c2)c1. The lowest BCUT2D eigenvalue weighted by Crippen LogP contribution is -2.29. The molecule has 1 amide bonds. The van der Waals surface area contributed by atoms with Crippen molar-refractivity contribution in [3.63, 3.8) is 0 Å². The van der Waals surface area contributed by atoms with E-state index in [0.29, 0.717) is 22.0 Å². The molecule has 9 heteroatoms. The second kappa shape index (κ2) is 8.99. The number of non-ortho nitro benzene ring substituents is 1. The number of anilines is 1. The second-order valence-corrected chi connectivity index (χ2v) is 8.09. The van der Waals surface area contributed by atoms with E-state index >= 15 is 0 Å². The molecule has 1 atom stereocenters. The number of methoxy groups -OCH3 is 1. The van der Waals surface area contributed by atoms with Gasteiger partial charge in [0.25, 0.3) is 17.4 Å². The largest absolute Gasteiger partial charge is 0.507 e. The molecule has 1 N–H and O–H groups in total. The third kappa shape index (κ3) is 3.99. The average molecular weight is 479 g/mol. The topological polar surface area (TPSA) is 110 Å². The van der Waals surface area contributed by atoms with Crippen LogP contribution in [-0.4, -0.2) is 28.8 Å². The van der Waals surface area contributed by atoms with Crippen LogP contribution in [0.1, 0.15) is 22.7 Å². The molecule has 1 heterocycles. The van der Waals surface area contributed by atoms with Crippen molar-refractivity contribution in [3.05, 3.63) is 104 Å². The van der Waals surface area contributed by atoms with Gasteiger partial charge in [0.2, 0.25) is 0 Å². The minimum Gasteiger partial charge on any atom is -0.507 e. The zero-order valence-electron chi connectivity index (χ0n) is 18.2. The summed E-state index contributed by atoms with van der Waals surface area (Å²) < 4.78 is 5.31. The Morgan fingerprint density at radius 3 is 2.41 bits per heavy atom. The molecule has 1 fully saturated rings. The molecule has 0 aliphatic carbocycles. The number of aryl methyl sites for hydroxylation is 1. The van der Waals surface area contributed by atoms with E-state index in [4.69, 9.17) is 16.3 Å². The Bertz CT molecular complexity index is 1350. The second-order valence-electron chi connectivity index (χ2n) is 7.68. The summed E-state index contributed by atoms with van der Waals surface area (Å²) in [4.78, 5) is 38.1. The van der Waals surface area contributed by atoms with Gasteiger partial charge in [-0.1, -0.05) is 29.8 Å². The molecule has 1 aliphatic rings. The Hall–Kier alpha value is -4.17. The number of amides is 1. The lowest BCUT2D eigenvalue weighted by atomic mass is 9.95. The first-order valence-corrected chi connectivity index (χ1v) is 10.6. The number of Topliss-reactive ketones (excluding diaryl/α,β-unsaturated/α-hetero) is 1. The van der Waals surface area contributed by atoms with E-state index in [1.54, 1.807) is 42.5 Å². The molecule has 4 rings (SSSR count). The van der Waals surface area contributed by atoms with Crippen molar-refractivity contribution in [2.24, 2.45) is 0 Å². The Morgan fingerprint density at radius 2 is 1.79 bits per heavy atom. The predicted octanol–water partition coefficient (Wildman–Crippen LogP) is 5.19. The average Bonchev–Trinajstić information content (AvgIpc) is 3.11. The summed E-state index contributed by atoms with van der Waals surface area (Å²) >= 11 is 6.29. The highest BCUT2D eigenvalue weighted by Crippen LogP contribution is 2.43. The highest BCUT2D eigenvalue weighted by Gasteiger charge is 2.47. The first kappa shape index (κ1) is 23.0. The lowest BCUT2D eigenvalue weighted by molar-refractivity contribution is -0.384. The van der Waals surface area contributed by atoms with Gasteiger partial charge >= 0.3 is 0 Å². The summed E-state index contributed by atoms with van der Waals surface area (Å²) in [7, 11) is 1.49. The van der Waals surface area contributed by atoms with Crippen LogP contribution in [0.3, 0.4) is 0 Å². The summed E-state index contributed by atoms with van der Waals surface area (Å²) in [6, 6.07) is 15.9. The van der Waals surface area contributed by atoms with Crippen LogP contribution in [0.15, 0.2) is 72.3 Å². The van der Waals surface area contributed by atoms with Gasteiger partial charge in [0.1, 0.15) is 11.5 Å². The highest BCUT2D eigenvalue weighted by atomic mass is 35.5. The predicted molar refractivity (Wildman–Crippen MR) is 127 cm³/mol. The number of nitro benzene ring substituents is 1. The molecular weight excluding hydrogens is 460 g/mol. The summed E-state index contributed by atoms with van der Waals surface area (Å²) in [6.45, 7) is 1.81. The van der Waals surface area contributed by atoms with Crippen molar-refractivity contribution in [1.82, 2.24) is 0 Å². The fourth-order valence-corrected chi connectivity index (χ4v) is 4.03. The number of nitrogens with zero attached hydrogens (tertiary/aromatic N) is 2. The van der Waals surface area contributed by atoms with Crippen LogP contribution in [0.2, 0.25) is 5.02 Å². The Labute approximate surface area is 199 Å². The summed E-state index contributed by atoms with van der Waals surface area (Å²) in [6.07, 6.45) is 0. The number of nitro groups is 1. The standard InChI is InChI=1S/C25H19ClN2O6/c1-14-6-9-18(13-20(14)26)27-22(16-4-3-5-19(12-16)34-2)21(24(30)25(27)31)23(29)15-7-10-17(11-8-15)28(32)33/h3-13,22,29H,1-2H3/b23-21+.